The molecule has 64 valence electrons. The zero-order chi connectivity index (χ0) is 7.94. The smallest absolute Gasteiger partial charge is 0.129 e. The quantitative estimate of drug-likeness (QED) is 0.527. The summed E-state index contributed by atoms with van der Waals surface area (Å²) in [7, 11) is 0. The molecular weight excluding hydrogens is 174 g/mol. The minimum Gasteiger partial charge on any atom is -0.292 e. The van der Waals surface area contributed by atoms with Gasteiger partial charge in [-0.15, -0.1) is 12.4 Å². The van der Waals surface area contributed by atoms with Crippen LogP contribution in [0.4, 0.5) is 0 Å². The van der Waals surface area contributed by atoms with Crippen molar-refractivity contribution in [2.24, 2.45) is 5.90 Å². The average molecular weight is 184 g/mol. The van der Waals surface area contributed by atoms with Crippen molar-refractivity contribution in [3.05, 3.63) is 35.9 Å². The van der Waals surface area contributed by atoms with Crippen molar-refractivity contribution in [3.63, 3.8) is 0 Å². The van der Waals surface area contributed by atoms with Crippen LogP contribution in [0.25, 0.3) is 0 Å². The first-order valence-electron chi connectivity index (χ1n) is 3.29. The van der Waals surface area contributed by atoms with Gasteiger partial charge in [-0.3, -0.25) is 4.84 Å². The molecule has 0 aliphatic rings. The highest BCUT2D eigenvalue weighted by atomic mass is 35.5. The van der Waals surface area contributed by atoms with E-state index in [-0.39, 0.29) is 19.0 Å². The van der Waals surface area contributed by atoms with Gasteiger partial charge >= 0.3 is 0 Å². The number of hydrogen-bond donors (Lipinski definition) is 1. The molecule has 0 unspecified atom stereocenters. The van der Waals surface area contributed by atoms with Crippen LogP contribution in [0.5, 0.6) is 0 Å². The lowest BCUT2D eigenvalue weighted by atomic mass is 10.2. The van der Waals surface area contributed by atoms with Crippen LogP contribution >= 0.6 is 12.4 Å². The molecule has 0 bridgehead atoms. The van der Waals surface area contributed by atoms with Gasteiger partial charge in [0.1, 0.15) is 6.61 Å². The predicted molar refractivity (Wildman–Crippen MR) is 50.7 cm³/mol. The highest BCUT2D eigenvalue weighted by Gasteiger charge is 1.79. The van der Waals surface area contributed by atoms with Gasteiger partial charge in [0, 0.05) is 5.56 Å². The standard InChI is InChI=1S/C9H9NO.ClH/c10-11-8-4-7-9-5-2-1-3-6-9;/h1-3,5-6H,8,10H2;1H. The number of hydrogen-bond acceptors (Lipinski definition) is 2. The van der Waals surface area contributed by atoms with E-state index in [2.05, 4.69) is 16.7 Å². The van der Waals surface area contributed by atoms with Gasteiger partial charge in [-0.05, 0) is 12.1 Å². The Morgan fingerprint density at radius 2 is 1.92 bits per heavy atom. The Hall–Kier alpha value is -1.01. The van der Waals surface area contributed by atoms with E-state index in [9.17, 15) is 0 Å². The summed E-state index contributed by atoms with van der Waals surface area (Å²) in [6, 6.07) is 9.69. The summed E-state index contributed by atoms with van der Waals surface area (Å²) in [4.78, 5) is 4.29. The van der Waals surface area contributed by atoms with Gasteiger partial charge in [0.05, 0.1) is 0 Å². The minimum absolute atomic E-state index is 0. The summed E-state index contributed by atoms with van der Waals surface area (Å²) in [6.07, 6.45) is 0. The van der Waals surface area contributed by atoms with Crippen LogP contribution in [-0.2, 0) is 4.84 Å². The molecule has 0 amide bonds. The summed E-state index contributed by atoms with van der Waals surface area (Å²) in [5.41, 5.74) is 0.976. The molecule has 1 rings (SSSR count). The molecule has 0 atom stereocenters. The fourth-order valence-corrected chi connectivity index (χ4v) is 0.701. The molecule has 1 aromatic rings. The summed E-state index contributed by atoms with van der Waals surface area (Å²) in [6.45, 7) is 0.273. The van der Waals surface area contributed by atoms with Crippen LogP contribution in [0.1, 0.15) is 5.56 Å². The molecule has 0 spiro atoms. The van der Waals surface area contributed by atoms with Crippen LogP contribution in [0.2, 0.25) is 0 Å². The van der Waals surface area contributed by atoms with Gasteiger partial charge < -0.3 is 0 Å². The summed E-state index contributed by atoms with van der Waals surface area (Å²) >= 11 is 0. The van der Waals surface area contributed by atoms with Crippen LogP contribution < -0.4 is 5.90 Å². The lowest BCUT2D eigenvalue weighted by Crippen LogP contribution is -1.97. The highest BCUT2D eigenvalue weighted by molar-refractivity contribution is 5.85. The maximum Gasteiger partial charge on any atom is 0.129 e. The van der Waals surface area contributed by atoms with Crippen molar-refractivity contribution in [3.8, 4) is 11.8 Å². The van der Waals surface area contributed by atoms with E-state index in [1.54, 1.807) is 0 Å². The van der Waals surface area contributed by atoms with Crippen LogP contribution in [-0.4, -0.2) is 6.61 Å². The summed E-state index contributed by atoms with van der Waals surface area (Å²) in [5.74, 6) is 10.4. The molecule has 3 heteroatoms. The molecule has 0 aliphatic carbocycles. The topological polar surface area (TPSA) is 35.2 Å². The van der Waals surface area contributed by atoms with Crippen LogP contribution in [0.15, 0.2) is 30.3 Å². The zero-order valence-electron chi connectivity index (χ0n) is 6.49. The molecule has 0 saturated carbocycles. The third kappa shape index (κ3) is 3.99. The largest absolute Gasteiger partial charge is 0.292 e. The van der Waals surface area contributed by atoms with Crippen molar-refractivity contribution in [1.82, 2.24) is 0 Å². The lowest BCUT2D eigenvalue weighted by Gasteiger charge is -1.86. The maximum atomic E-state index is 4.79. The second-order valence-corrected chi connectivity index (χ2v) is 1.98. The summed E-state index contributed by atoms with van der Waals surface area (Å²) in [5, 5.41) is 0. The lowest BCUT2D eigenvalue weighted by molar-refractivity contribution is 0.173. The Morgan fingerprint density at radius 1 is 1.25 bits per heavy atom. The molecule has 0 radical (unpaired) electrons. The van der Waals surface area contributed by atoms with Crippen LogP contribution in [0.3, 0.4) is 0 Å². The first-order chi connectivity index (χ1) is 5.43. The Kier molecular flexibility index (Phi) is 6.12. The Labute approximate surface area is 78.1 Å². The van der Waals surface area contributed by atoms with Gasteiger partial charge in [-0.2, -0.15) is 0 Å². The molecule has 12 heavy (non-hydrogen) atoms. The summed E-state index contributed by atoms with van der Waals surface area (Å²) < 4.78 is 0. The van der Waals surface area contributed by atoms with Gasteiger partial charge in [0.2, 0.25) is 0 Å². The zero-order valence-corrected chi connectivity index (χ0v) is 7.30. The first kappa shape index (κ1) is 11.0. The van der Waals surface area contributed by atoms with Crippen LogP contribution in [0, 0.1) is 11.8 Å². The van der Waals surface area contributed by atoms with Gasteiger partial charge in [0.15, 0.2) is 0 Å². The van der Waals surface area contributed by atoms with E-state index in [0.29, 0.717) is 0 Å². The maximum absolute atomic E-state index is 4.79. The van der Waals surface area contributed by atoms with E-state index in [1.165, 1.54) is 0 Å². The van der Waals surface area contributed by atoms with E-state index in [4.69, 9.17) is 5.90 Å². The van der Waals surface area contributed by atoms with Gasteiger partial charge in [-0.25, -0.2) is 5.90 Å². The number of benzene rings is 1. The molecular formula is C9H10ClNO. The molecule has 0 heterocycles. The van der Waals surface area contributed by atoms with Crippen molar-refractivity contribution in [2.45, 2.75) is 0 Å². The Morgan fingerprint density at radius 3 is 2.50 bits per heavy atom. The molecule has 0 aromatic heterocycles. The Balaban J connectivity index is 0.00000121. The van der Waals surface area contributed by atoms with Crippen molar-refractivity contribution >= 4 is 12.4 Å². The van der Waals surface area contributed by atoms with Gasteiger partial charge in [-0.1, -0.05) is 30.0 Å². The van der Waals surface area contributed by atoms with E-state index < -0.39 is 0 Å². The number of halogens is 1. The van der Waals surface area contributed by atoms with E-state index in [1.807, 2.05) is 30.3 Å². The fourth-order valence-electron chi connectivity index (χ4n) is 0.701. The van der Waals surface area contributed by atoms with Crippen molar-refractivity contribution < 1.29 is 4.84 Å². The van der Waals surface area contributed by atoms with Gasteiger partial charge in [0.25, 0.3) is 0 Å². The Bertz CT molecular complexity index is 263. The highest BCUT2D eigenvalue weighted by Crippen LogP contribution is 1.93. The molecule has 2 N–H and O–H groups in total. The molecule has 0 aliphatic heterocycles. The monoisotopic (exact) mass is 183 g/mol. The minimum atomic E-state index is 0. The fraction of sp³-hybridized carbons (Fsp3) is 0.111. The number of nitrogens with two attached hydrogens (primary N) is 1. The van der Waals surface area contributed by atoms with E-state index >= 15 is 0 Å². The number of rotatable bonds is 1. The van der Waals surface area contributed by atoms with Crippen molar-refractivity contribution in [2.75, 3.05) is 6.61 Å². The molecule has 0 fully saturated rings. The molecule has 0 saturated heterocycles. The average Bonchev–Trinajstić information content (AvgIpc) is 2.07. The third-order valence-corrected chi connectivity index (χ3v) is 1.16. The SMILES string of the molecule is Cl.NOCC#Cc1ccccc1. The second kappa shape index (κ2) is 6.68. The molecule has 2 nitrogen and oxygen atoms in total. The van der Waals surface area contributed by atoms with Crippen molar-refractivity contribution in [1.29, 1.82) is 0 Å². The molecule has 1 aromatic carbocycles. The second-order valence-electron chi connectivity index (χ2n) is 1.98. The van der Waals surface area contributed by atoms with E-state index in [0.717, 1.165) is 5.56 Å². The third-order valence-electron chi connectivity index (χ3n) is 1.16. The first-order valence-corrected chi connectivity index (χ1v) is 3.29. The normalized spacial score (nSPS) is 7.75. The predicted octanol–water partition coefficient (Wildman–Crippen LogP) is 1.35.